The molecule has 0 saturated carbocycles. The van der Waals surface area contributed by atoms with Crippen LogP contribution in [0.4, 0.5) is 27.5 Å². The number of hydrogen-bond donors (Lipinski definition) is 2. The molecule has 0 radical (unpaired) electrons. The molecule has 1 aliphatic rings. The van der Waals surface area contributed by atoms with Crippen LogP contribution in [-0.2, 0) is 9.53 Å². The highest BCUT2D eigenvalue weighted by atomic mass is 16.6. The minimum atomic E-state index is -0.587. The molecule has 3 aromatic rings. The Hall–Kier alpha value is -4.00. The van der Waals surface area contributed by atoms with Crippen LogP contribution >= 0.6 is 0 Å². The van der Waals surface area contributed by atoms with Crippen molar-refractivity contribution in [3.8, 4) is 5.75 Å². The van der Waals surface area contributed by atoms with Crippen LogP contribution < -0.4 is 20.3 Å². The first-order valence-electron chi connectivity index (χ1n) is 10.4. The summed E-state index contributed by atoms with van der Waals surface area (Å²) in [5.74, 6) is 0.584. The fraction of sp³-hybridized carbons (Fsp3) is 0.200. The highest BCUT2D eigenvalue weighted by molar-refractivity contribution is 5.97. The van der Waals surface area contributed by atoms with Crippen molar-refractivity contribution in [2.24, 2.45) is 0 Å². The zero-order chi connectivity index (χ0) is 22.5. The Kier molecular flexibility index (Phi) is 6.26. The number of amides is 2. The van der Waals surface area contributed by atoms with Gasteiger partial charge in [-0.25, -0.2) is 4.79 Å². The first-order chi connectivity index (χ1) is 15.5. The SMILES string of the molecule is COc1ccc(C)c(N2CC(OC(=O)Nc3ccc(Nc4ccccc4)cc3)CC2=O)c1. The van der Waals surface area contributed by atoms with Gasteiger partial charge in [-0.1, -0.05) is 24.3 Å². The molecule has 1 unspecified atom stereocenters. The number of para-hydroxylation sites is 1. The average molecular weight is 431 g/mol. The summed E-state index contributed by atoms with van der Waals surface area (Å²) < 4.78 is 10.8. The van der Waals surface area contributed by atoms with Gasteiger partial charge >= 0.3 is 6.09 Å². The number of aryl methyl sites for hydroxylation is 1. The molecule has 2 amide bonds. The van der Waals surface area contributed by atoms with Crippen molar-refractivity contribution in [1.82, 2.24) is 0 Å². The van der Waals surface area contributed by atoms with Crippen LogP contribution in [0.5, 0.6) is 5.75 Å². The van der Waals surface area contributed by atoms with E-state index >= 15 is 0 Å². The molecule has 0 aromatic heterocycles. The van der Waals surface area contributed by atoms with Crippen molar-refractivity contribution in [3.05, 3.63) is 78.4 Å². The Balaban J connectivity index is 1.33. The maximum absolute atomic E-state index is 12.5. The molecule has 0 aliphatic carbocycles. The van der Waals surface area contributed by atoms with E-state index in [0.717, 1.165) is 22.6 Å². The smallest absolute Gasteiger partial charge is 0.411 e. The average Bonchev–Trinajstić information content (AvgIpc) is 3.15. The van der Waals surface area contributed by atoms with Crippen LogP contribution in [0.15, 0.2) is 72.8 Å². The number of nitrogens with zero attached hydrogens (tertiary/aromatic N) is 1. The van der Waals surface area contributed by atoms with Gasteiger partial charge in [-0.15, -0.1) is 0 Å². The lowest BCUT2D eigenvalue weighted by Crippen LogP contribution is -2.28. The number of hydrogen-bond acceptors (Lipinski definition) is 5. The summed E-state index contributed by atoms with van der Waals surface area (Å²) >= 11 is 0. The fourth-order valence-electron chi connectivity index (χ4n) is 3.62. The van der Waals surface area contributed by atoms with Gasteiger partial charge in [0.1, 0.15) is 11.9 Å². The monoisotopic (exact) mass is 431 g/mol. The molecule has 32 heavy (non-hydrogen) atoms. The highest BCUT2D eigenvalue weighted by Gasteiger charge is 2.34. The number of carbonyl (C=O) groups excluding carboxylic acids is 2. The standard InChI is InChI=1S/C25H25N3O4/c1-17-8-13-21(31-2)14-23(17)28-16-22(15-24(28)29)32-25(30)27-20-11-9-19(10-12-20)26-18-6-4-3-5-7-18/h3-14,22,26H,15-16H2,1-2H3,(H,27,30). The van der Waals surface area contributed by atoms with Crippen molar-refractivity contribution in [2.75, 3.05) is 29.2 Å². The van der Waals surface area contributed by atoms with E-state index in [0.29, 0.717) is 18.0 Å². The van der Waals surface area contributed by atoms with Crippen molar-refractivity contribution in [2.45, 2.75) is 19.4 Å². The maximum atomic E-state index is 12.5. The molecule has 1 saturated heterocycles. The number of anilines is 4. The van der Waals surface area contributed by atoms with Crippen LogP contribution in [0.3, 0.4) is 0 Å². The van der Waals surface area contributed by atoms with Gasteiger partial charge in [0.2, 0.25) is 5.91 Å². The van der Waals surface area contributed by atoms with Crippen molar-refractivity contribution < 1.29 is 19.1 Å². The Bertz CT molecular complexity index is 1100. The second kappa shape index (κ2) is 9.43. The molecule has 2 N–H and O–H groups in total. The maximum Gasteiger partial charge on any atom is 0.411 e. The molecule has 1 fully saturated rings. The van der Waals surface area contributed by atoms with E-state index in [1.54, 1.807) is 24.1 Å². The summed E-state index contributed by atoms with van der Waals surface area (Å²) in [7, 11) is 1.58. The molecular formula is C25H25N3O4. The largest absolute Gasteiger partial charge is 0.497 e. The van der Waals surface area contributed by atoms with Gasteiger partial charge in [-0.05, 0) is 55.0 Å². The van der Waals surface area contributed by atoms with E-state index in [2.05, 4.69) is 10.6 Å². The number of carbonyl (C=O) groups is 2. The summed E-state index contributed by atoms with van der Waals surface area (Å²) in [5.41, 5.74) is 4.21. The lowest BCUT2D eigenvalue weighted by atomic mass is 10.1. The molecule has 4 rings (SSSR count). The van der Waals surface area contributed by atoms with E-state index in [1.807, 2.05) is 67.6 Å². The summed E-state index contributed by atoms with van der Waals surface area (Å²) in [6.07, 6.45) is -0.966. The number of ether oxygens (including phenoxy) is 2. The van der Waals surface area contributed by atoms with Crippen LogP contribution in [0.25, 0.3) is 0 Å². The fourth-order valence-corrected chi connectivity index (χ4v) is 3.62. The van der Waals surface area contributed by atoms with Gasteiger partial charge in [-0.3, -0.25) is 10.1 Å². The van der Waals surface area contributed by atoms with Gasteiger partial charge in [-0.2, -0.15) is 0 Å². The van der Waals surface area contributed by atoms with Gasteiger partial charge in [0.25, 0.3) is 0 Å². The molecule has 1 aliphatic heterocycles. The lowest BCUT2D eigenvalue weighted by Gasteiger charge is -2.20. The summed E-state index contributed by atoms with van der Waals surface area (Å²) in [5, 5.41) is 6.01. The highest BCUT2D eigenvalue weighted by Crippen LogP contribution is 2.30. The number of methoxy groups -OCH3 is 1. The molecule has 0 bridgehead atoms. The summed E-state index contributed by atoms with van der Waals surface area (Å²) in [6, 6.07) is 22.7. The Labute approximate surface area is 187 Å². The predicted octanol–water partition coefficient (Wildman–Crippen LogP) is 5.10. The van der Waals surface area contributed by atoms with Gasteiger partial charge in [0, 0.05) is 23.1 Å². The summed E-state index contributed by atoms with van der Waals surface area (Å²) in [6.45, 7) is 2.24. The van der Waals surface area contributed by atoms with E-state index in [-0.39, 0.29) is 12.3 Å². The lowest BCUT2D eigenvalue weighted by molar-refractivity contribution is -0.117. The van der Waals surface area contributed by atoms with Crippen molar-refractivity contribution >= 4 is 34.7 Å². The first-order valence-corrected chi connectivity index (χ1v) is 10.4. The molecule has 0 spiro atoms. The minimum Gasteiger partial charge on any atom is -0.497 e. The van der Waals surface area contributed by atoms with Gasteiger partial charge < -0.3 is 19.7 Å². The Morgan fingerprint density at radius 3 is 2.38 bits per heavy atom. The Morgan fingerprint density at radius 2 is 1.66 bits per heavy atom. The van der Waals surface area contributed by atoms with E-state index in [9.17, 15) is 9.59 Å². The van der Waals surface area contributed by atoms with E-state index < -0.39 is 12.2 Å². The van der Waals surface area contributed by atoms with Gasteiger partial charge in [0.05, 0.1) is 25.8 Å². The van der Waals surface area contributed by atoms with Crippen LogP contribution in [0.2, 0.25) is 0 Å². The first kappa shape index (κ1) is 21.2. The third-order valence-electron chi connectivity index (χ3n) is 5.26. The van der Waals surface area contributed by atoms with Crippen molar-refractivity contribution in [3.63, 3.8) is 0 Å². The van der Waals surface area contributed by atoms with Gasteiger partial charge in [0.15, 0.2) is 0 Å². The second-order valence-electron chi connectivity index (χ2n) is 7.58. The minimum absolute atomic E-state index is 0.0875. The number of benzene rings is 3. The van der Waals surface area contributed by atoms with E-state index in [1.165, 1.54) is 0 Å². The Morgan fingerprint density at radius 1 is 0.969 bits per heavy atom. The quantitative estimate of drug-likeness (QED) is 0.568. The molecule has 164 valence electrons. The summed E-state index contributed by atoms with van der Waals surface area (Å²) in [4.78, 5) is 26.5. The van der Waals surface area contributed by atoms with Crippen LogP contribution in [0.1, 0.15) is 12.0 Å². The predicted molar refractivity (Wildman–Crippen MR) is 125 cm³/mol. The third-order valence-corrected chi connectivity index (χ3v) is 5.26. The molecule has 7 heteroatoms. The molecule has 3 aromatic carbocycles. The van der Waals surface area contributed by atoms with Crippen LogP contribution in [-0.4, -0.2) is 31.8 Å². The molecule has 1 atom stereocenters. The topological polar surface area (TPSA) is 79.9 Å². The number of nitrogens with one attached hydrogen (secondary N) is 2. The third kappa shape index (κ3) is 5.00. The number of rotatable bonds is 6. The normalized spacial score (nSPS) is 15.4. The molecule has 7 nitrogen and oxygen atoms in total. The second-order valence-corrected chi connectivity index (χ2v) is 7.58. The zero-order valence-electron chi connectivity index (χ0n) is 18.0. The van der Waals surface area contributed by atoms with E-state index in [4.69, 9.17) is 9.47 Å². The van der Waals surface area contributed by atoms with Crippen molar-refractivity contribution in [1.29, 1.82) is 0 Å². The zero-order valence-corrected chi connectivity index (χ0v) is 18.0. The molecule has 1 heterocycles. The van der Waals surface area contributed by atoms with Crippen LogP contribution in [0, 0.1) is 6.92 Å². The molecular weight excluding hydrogens is 406 g/mol.